The van der Waals surface area contributed by atoms with Crippen molar-refractivity contribution in [2.75, 3.05) is 74.5 Å². The van der Waals surface area contributed by atoms with Gasteiger partial charge >= 0.3 is 0 Å². The van der Waals surface area contributed by atoms with Gasteiger partial charge in [0.05, 0.1) is 89.7 Å². The summed E-state index contributed by atoms with van der Waals surface area (Å²) in [6.45, 7) is 0. The number of fused-ring (bicyclic) bond motifs is 4. The third-order valence-corrected chi connectivity index (χ3v) is 14.0. The van der Waals surface area contributed by atoms with Crippen molar-refractivity contribution in [3.05, 3.63) is 283 Å². The van der Waals surface area contributed by atoms with Crippen molar-refractivity contribution in [2.24, 2.45) is 0 Å². The van der Waals surface area contributed by atoms with E-state index >= 15 is 0 Å². The number of aromatic nitrogens is 14. The molecule has 0 fully saturated rings. The Balaban J connectivity index is 0.000000209. The van der Waals surface area contributed by atoms with Crippen LogP contribution in [0, 0.1) is 23.3 Å². The number of thiazole rings is 3. The van der Waals surface area contributed by atoms with Crippen LogP contribution in [0.1, 0.15) is 0 Å². The summed E-state index contributed by atoms with van der Waals surface area (Å²) in [5.41, 5.74) is 78.4. The van der Waals surface area contributed by atoms with Crippen molar-refractivity contribution in [3.8, 4) is 0 Å². The van der Waals surface area contributed by atoms with Crippen LogP contribution in [-0.4, -0.2) is 69.8 Å². The number of hydrogen-bond donors (Lipinski definition) is 13. The summed E-state index contributed by atoms with van der Waals surface area (Å²) in [6, 6.07) is 40.5. The monoisotopic (exact) mass is 1550 g/mol. The van der Waals surface area contributed by atoms with Crippen LogP contribution in [0.5, 0.6) is 0 Å². The minimum absolute atomic E-state index is 0.0311. The molecular weight excluding hydrogens is 1490 g/mol. The molecular formula is C68H67Cl2F4N27O3S3. The number of oxazole rings is 3. The molecule has 0 spiro atoms. The summed E-state index contributed by atoms with van der Waals surface area (Å²) < 4.78 is 65.1. The summed E-state index contributed by atoms with van der Waals surface area (Å²) >= 11 is 15.6. The lowest BCUT2D eigenvalue weighted by molar-refractivity contribution is 0.580. The Bertz CT molecular complexity index is 4800. The van der Waals surface area contributed by atoms with Crippen LogP contribution in [-0.2, 0) is 0 Å². The molecule has 0 saturated carbocycles. The molecule has 0 saturated heterocycles. The molecule has 12 heterocycles. The zero-order valence-corrected chi connectivity index (χ0v) is 59.6. The zero-order chi connectivity index (χ0) is 77.7. The van der Waals surface area contributed by atoms with Crippen LogP contribution in [0.4, 0.5) is 91.4 Å². The molecule has 39 heteroatoms. The van der Waals surface area contributed by atoms with E-state index in [2.05, 4.69) is 74.2 Å². The lowest BCUT2D eigenvalue weighted by atomic mass is 10.3. The fraction of sp³-hybridized carbons (Fsp3) is 0. The molecule has 0 aliphatic rings. The molecule has 5 aromatic carbocycles. The maximum Gasteiger partial charge on any atom is 0.292 e. The van der Waals surface area contributed by atoms with Gasteiger partial charge in [-0.3, -0.25) is 9.97 Å². The Morgan fingerprint density at radius 3 is 1.50 bits per heavy atom. The molecule has 30 nitrogen and oxygen atoms in total. The van der Waals surface area contributed by atoms with E-state index in [9.17, 15) is 17.6 Å². The molecule has 17 rings (SSSR count). The van der Waals surface area contributed by atoms with Crippen LogP contribution in [0.3, 0.4) is 0 Å². The number of anilines is 13. The Labute approximate surface area is 628 Å². The highest BCUT2D eigenvalue weighted by molar-refractivity contribution is 7.22. The first-order valence-electron chi connectivity index (χ1n) is 29.8. The standard InChI is InChI=1S/2C7H6N2O.2C7H6N2S.C6H5F2N.2C5H5ClN2.2C5H5FN2.2C4H5N3.C3H4N2O.C3H4N2S/c8-5-1-2-6-7(3-5)10-4-9-6;8-7-9-5-3-1-2-4-6(5)10-7;8-5-1-2-6-7(3-5)10-4-9-6;8-7-9-5-3-1-2-4-6(5)10-7;7-4-1-2-6(9)5(8)3-4;6-4-1-5(7)3-8-2-4;6-4-1-2-5(7)8-3-4;6-4-1-5(7)3-8-2-4;6-4-1-2-5(7)8-3-4;5-4-1-6-3-7-2-4;5-4-1-2-6-3-7-4;2*4-3-5-1-2-6-3/h1-4H,8H2;1-4H,(H2,8,9);1-4H,8H2;1-4H,(H2,8,9);1-3H,9H2;1-3H,7H2;1-3H,(H2,7,8);1-3H,7H2;1-3H,(H2,7,8);1-3H,5H2;1-3H,(H2,5,6,7);2*1-2H,(H2,4,5). The van der Waals surface area contributed by atoms with E-state index in [0.29, 0.717) is 60.5 Å². The second-order valence-corrected chi connectivity index (χ2v) is 23.3. The maximum absolute atomic E-state index is 12.2. The van der Waals surface area contributed by atoms with Gasteiger partial charge < -0.3 is 87.8 Å². The quantitative estimate of drug-likeness (QED) is 0.0495. The summed E-state index contributed by atoms with van der Waals surface area (Å²) in [7, 11) is 0. The van der Waals surface area contributed by atoms with Gasteiger partial charge in [-0.05, 0) is 109 Å². The summed E-state index contributed by atoms with van der Waals surface area (Å²) in [6.07, 6.45) is 21.7. The number of rotatable bonds is 0. The zero-order valence-electron chi connectivity index (χ0n) is 55.7. The smallest absolute Gasteiger partial charge is 0.292 e. The van der Waals surface area contributed by atoms with Crippen LogP contribution in [0.15, 0.2) is 263 Å². The van der Waals surface area contributed by atoms with Crippen LogP contribution >= 0.6 is 57.2 Å². The molecule has 12 aromatic heterocycles. The number of halogens is 6. The molecule has 0 unspecified atom stereocenters. The van der Waals surface area contributed by atoms with Crippen molar-refractivity contribution >= 4 is 174 Å². The van der Waals surface area contributed by atoms with E-state index < -0.39 is 17.5 Å². The van der Waals surface area contributed by atoms with Crippen molar-refractivity contribution in [3.63, 3.8) is 0 Å². The van der Waals surface area contributed by atoms with Gasteiger partial charge in [-0.1, -0.05) is 58.8 Å². The predicted molar refractivity (Wildman–Crippen MR) is 421 cm³/mol. The fourth-order valence-electron chi connectivity index (χ4n) is 6.74. The van der Waals surface area contributed by atoms with E-state index in [-0.39, 0.29) is 23.5 Å². The van der Waals surface area contributed by atoms with Gasteiger partial charge in [-0.25, -0.2) is 72.4 Å². The molecule has 26 N–H and O–H groups in total. The fourth-order valence-corrected chi connectivity index (χ4v) is 8.87. The van der Waals surface area contributed by atoms with Gasteiger partial charge in [0.15, 0.2) is 27.8 Å². The largest absolute Gasteiger partial charge is 0.443 e. The lowest BCUT2D eigenvalue weighted by Crippen LogP contribution is -1.89. The number of para-hydroxylation sites is 3. The first-order chi connectivity index (χ1) is 51.4. The van der Waals surface area contributed by atoms with E-state index in [0.717, 1.165) is 72.8 Å². The lowest BCUT2D eigenvalue weighted by Gasteiger charge is -1.92. The van der Waals surface area contributed by atoms with Crippen molar-refractivity contribution in [2.45, 2.75) is 0 Å². The molecule has 107 heavy (non-hydrogen) atoms. The van der Waals surface area contributed by atoms with Gasteiger partial charge in [0.2, 0.25) is 0 Å². The minimum Gasteiger partial charge on any atom is -0.443 e. The first kappa shape index (κ1) is 83.8. The average Bonchev–Trinajstić information content (AvgIpc) is 1.75. The normalized spacial score (nSPS) is 9.51. The number of pyridine rings is 4. The molecule has 0 radical (unpaired) electrons. The molecule has 0 aliphatic carbocycles. The first-order valence-corrected chi connectivity index (χ1v) is 33.1. The predicted octanol–water partition coefficient (Wildman–Crippen LogP) is 13.5. The molecule has 552 valence electrons. The van der Waals surface area contributed by atoms with Gasteiger partial charge in [0, 0.05) is 66.1 Å². The summed E-state index contributed by atoms with van der Waals surface area (Å²) in [5.74, 6) is -0.739. The Morgan fingerprint density at radius 1 is 0.364 bits per heavy atom. The number of benzene rings is 5. The SMILES string of the molecule is Nc1ccc(Cl)cn1.Nc1ccc(F)cc1F.Nc1ccc(F)cn1.Nc1ccc2ncoc2c1.Nc1ccc2ncsc2c1.Nc1ccncn1.Nc1cncc(Cl)c1.Nc1cncc(F)c1.Nc1cncnc1.Nc1nc2ccccc2o1.Nc1nc2ccccc2s1.Nc1ncco1.Nc1nccs1. The number of nitrogens with two attached hydrogens (primary N) is 13. The third-order valence-electron chi connectivity index (χ3n) is 11.3. The topological polar surface area (TPSA) is 558 Å². The van der Waals surface area contributed by atoms with E-state index in [1.54, 1.807) is 78.7 Å². The van der Waals surface area contributed by atoms with Gasteiger partial charge in [0.1, 0.15) is 70.7 Å². The van der Waals surface area contributed by atoms with Crippen LogP contribution in [0.25, 0.3) is 42.6 Å². The molecule has 0 bridgehead atoms. The Hall–Kier alpha value is -13.9. The van der Waals surface area contributed by atoms with Gasteiger partial charge in [-0.15, -0.1) is 22.7 Å². The average molecular weight is 1550 g/mol. The van der Waals surface area contributed by atoms with Crippen molar-refractivity contribution in [1.82, 2.24) is 69.8 Å². The van der Waals surface area contributed by atoms with Crippen LogP contribution in [0.2, 0.25) is 10.0 Å². The highest BCUT2D eigenvalue weighted by Gasteiger charge is 2.01. The third kappa shape index (κ3) is 35.5. The minimum atomic E-state index is -0.713. The van der Waals surface area contributed by atoms with Crippen molar-refractivity contribution in [1.29, 1.82) is 0 Å². The Kier molecular flexibility index (Phi) is 36.5. The van der Waals surface area contributed by atoms with Crippen LogP contribution < -0.4 is 74.5 Å². The second-order valence-electron chi connectivity index (χ2n) is 19.6. The van der Waals surface area contributed by atoms with E-state index in [1.165, 1.54) is 97.0 Å². The van der Waals surface area contributed by atoms with Gasteiger partial charge in [-0.2, -0.15) is 4.98 Å². The highest BCUT2D eigenvalue weighted by atomic mass is 35.5. The van der Waals surface area contributed by atoms with Crippen molar-refractivity contribution < 1.29 is 30.8 Å². The highest BCUT2D eigenvalue weighted by Crippen LogP contribution is 2.23. The number of hydrogen-bond acceptors (Lipinski definition) is 33. The molecule has 17 aromatic rings. The summed E-state index contributed by atoms with van der Waals surface area (Å²) in [5, 5.41) is 4.30. The maximum atomic E-state index is 12.2. The molecule has 0 amide bonds. The van der Waals surface area contributed by atoms with E-state index in [4.69, 9.17) is 107 Å². The van der Waals surface area contributed by atoms with E-state index in [1.807, 2.05) is 83.7 Å². The number of nitrogens with zero attached hydrogens (tertiary/aromatic N) is 14. The van der Waals surface area contributed by atoms with Gasteiger partial charge in [0.25, 0.3) is 12.0 Å². The molecule has 0 aliphatic heterocycles. The molecule has 0 atom stereocenters. The second kappa shape index (κ2) is 46.6. The number of nitrogen functional groups attached to an aromatic ring is 13. The summed E-state index contributed by atoms with van der Waals surface area (Å²) in [4.78, 5) is 52.3. The Morgan fingerprint density at radius 2 is 1.02 bits per heavy atom.